The first-order chi connectivity index (χ1) is 5.69. The van der Waals surface area contributed by atoms with Crippen LogP contribution in [0.1, 0.15) is 51.9 Å². The number of nitrogens with two attached hydrogens (primary N) is 1. The van der Waals surface area contributed by atoms with Gasteiger partial charge in [0.15, 0.2) is 0 Å². The van der Waals surface area contributed by atoms with Gasteiger partial charge >= 0.3 is 0 Å². The molecule has 2 unspecified atom stereocenters. The summed E-state index contributed by atoms with van der Waals surface area (Å²) in [7, 11) is 0. The van der Waals surface area contributed by atoms with Crippen LogP contribution in [-0.4, -0.2) is 10.8 Å². The Bertz CT molecular complexity index is 138. The van der Waals surface area contributed by atoms with Gasteiger partial charge in [-0.3, -0.25) is 0 Å². The van der Waals surface area contributed by atoms with E-state index in [2.05, 4.69) is 19.6 Å². The van der Waals surface area contributed by atoms with Crippen LogP contribution in [-0.2, 0) is 0 Å². The van der Waals surface area contributed by atoms with E-state index in [0.717, 1.165) is 6.42 Å². The summed E-state index contributed by atoms with van der Waals surface area (Å²) in [6, 6.07) is 0. The zero-order valence-corrected chi connectivity index (χ0v) is 8.95. The van der Waals surface area contributed by atoms with Crippen LogP contribution in [0.4, 0.5) is 0 Å². The van der Waals surface area contributed by atoms with Crippen molar-refractivity contribution in [1.29, 1.82) is 0 Å². The lowest BCUT2D eigenvalue weighted by molar-refractivity contribution is 0.283. The Labute approximate surface area is 81.5 Å². The molecule has 0 saturated heterocycles. The summed E-state index contributed by atoms with van der Waals surface area (Å²) in [5, 5.41) is 0.442. The molecule has 1 rings (SSSR count). The van der Waals surface area contributed by atoms with Crippen molar-refractivity contribution in [3.05, 3.63) is 0 Å². The Morgan fingerprint density at radius 1 is 1.50 bits per heavy atom. The molecular formula is C10H21NS. The fraction of sp³-hybridized carbons (Fsp3) is 1.00. The average Bonchev–Trinajstić information content (AvgIpc) is 2.07. The number of rotatable bonds is 3. The molecule has 0 bridgehead atoms. The molecule has 72 valence electrons. The average molecular weight is 187 g/mol. The van der Waals surface area contributed by atoms with Gasteiger partial charge in [0.2, 0.25) is 0 Å². The van der Waals surface area contributed by atoms with Gasteiger partial charge in [0.25, 0.3) is 0 Å². The third-order valence-corrected chi connectivity index (χ3v) is 3.80. The van der Waals surface area contributed by atoms with E-state index < -0.39 is 0 Å². The molecule has 0 aliphatic heterocycles. The highest BCUT2D eigenvalue weighted by Gasteiger charge is 2.33. The number of thiol groups is 1. The van der Waals surface area contributed by atoms with Crippen LogP contribution in [0.2, 0.25) is 0 Å². The first-order valence-corrected chi connectivity index (χ1v) is 5.67. The maximum atomic E-state index is 6.31. The third kappa shape index (κ3) is 2.40. The minimum atomic E-state index is 0.0529. The Morgan fingerprint density at radius 2 is 2.25 bits per heavy atom. The van der Waals surface area contributed by atoms with E-state index in [4.69, 9.17) is 5.73 Å². The molecule has 2 heteroatoms. The highest BCUT2D eigenvalue weighted by Crippen LogP contribution is 2.33. The maximum Gasteiger partial charge on any atom is 0.0272 e. The van der Waals surface area contributed by atoms with Crippen molar-refractivity contribution in [2.45, 2.75) is 62.7 Å². The highest BCUT2D eigenvalue weighted by molar-refractivity contribution is 7.81. The standard InChI is InChI=1S/C10H21NS/c1-2-3-7-10(11)8-5-4-6-9(10)12/h9,12H,2-8,11H2,1H3. The second-order valence-corrected chi connectivity index (χ2v) is 4.72. The van der Waals surface area contributed by atoms with Crippen LogP contribution in [0, 0.1) is 0 Å². The van der Waals surface area contributed by atoms with E-state index in [1.165, 1.54) is 38.5 Å². The van der Waals surface area contributed by atoms with Crippen LogP contribution < -0.4 is 5.73 Å². The summed E-state index contributed by atoms with van der Waals surface area (Å²) in [6.45, 7) is 2.22. The lowest BCUT2D eigenvalue weighted by Crippen LogP contribution is -2.50. The molecule has 0 aromatic heterocycles. The van der Waals surface area contributed by atoms with Gasteiger partial charge in [-0.25, -0.2) is 0 Å². The molecule has 1 aliphatic carbocycles. The van der Waals surface area contributed by atoms with Crippen LogP contribution in [0.25, 0.3) is 0 Å². The summed E-state index contributed by atoms with van der Waals surface area (Å²) < 4.78 is 0. The molecular weight excluding hydrogens is 166 g/mol. The van der Waals surface area contributed by atoms with E-state index >= 15 is 0 Å². The monoisotopic (exact) mass is 187 g/mol. The molecule has 0 spiro atoms. The predicted octanol–water partition coefficient (Wildman–Crippen LogP) is 2.75. The molecule has 1 saturated carbocycles. The number of hydrogen-bond acceptors (Lipinski definition) is 2. The number of unbranched alkanes of at least 4 members (excludes halogenated alkanes) is 1. The topological polar surface area (TPSA) is 26.0 Å². The summed E-state index contributed by atoms with van der Waals surface area (Å²) in [5.41, 5.74) is 6.37. The molecule has 2 atom stereocenters. The molecule has 0 aromatic rings. The van der Waals surface area contributed by atoms with Crippen molar-refractivity contribution >= 4 is 12.6 Å². The quantitative estimate of drug-likeness (QED) is 0.653. The van der Waals surface area contributed by atoms with Gasteiger partial charge in [-0.1, -0.05) is 32.6 Å². The summed E-state index contributed by atoms with van der Waals surface area (Å²) in [4.78, 5) is 0. The Kier molecular flexibility index (Phi) is 3.91. The SMILES string of the molecule is CCCCC1(N)CCCCC1S. The smallest absolute Gasteiger partial charge is 0.0272 e. The van der Waals surface area contributed by atoms with Crippen molar-refractivity contribution < 1.29 is 0 Å². The Balaban J connectivity index is 2.42. The first-order valence-electron chi connectivity index (χ1n) is 5.16. The van der Waals surface area contributed by atoms with Crippen LogP contribution >= 0.6 is 12.6 Å². The van der Waals surface area contributed by atoms with Gasteiger partial charge < -0.3 is 5.73 Å². The van der Waals surface area contributed by atoms with Gasteiger partial charge in [-0.15, -0.1) is 0 Å². The highest BCUT2D eigenvalue weighted by atomic mass is 32.1. The van der Waals surface area contributed by atoms with Gasteiger partial charge in [0.1, 0.15) is 0 Å². The molecule has 1 aliphatic rings. The molecule has 1 nitrogen and oxygen atoms in total. The molecule has 0 aromatic carbocycles. The van der Waals surface area contributed by atoms with E-state index in [1.54, 1.807) is 0 Å². The van der Waals surface area contributed by atoms with Crippen molar-refractivity contribution in [3.8, 4) is 0 Å². The van der Waals surface area contributed by atoms with Crippen molar-refractivity contribution in [1.82, 2.24) is 0 Å². The largest absolute Gasteiger partial charge is 0.324 e. The van der Waals surface area contributed by atoms with Crippen LogP contribution in [0.3, 0.4) is 0 Å². The van der Waals surface area contributed by atoms with Crippen molar-refractivity contribution in [2.75, 3.05) is 0 Å². The van der Waals surface area contributed by atoms with Gasteiger partial charge in [0.05, 0.1) is 0 Å². The molecule has 1 fully saturated rings. The minimum Gasteiger partial charge on any atom is -0.324 e. The summed E-state index contributed by atoms with van der Waals surface area (Å²) >= 11 is 4.59. The molecule has 0 amide bonds. The lowest BCUT2D eigenvalue weighted by atomic mass is 9.78. The number of hydrogen-bond donors (Lipinski definition) is 2. The van der Waals surface area contributed by atoms with Crippen LogP contribution in [0.15, 0.2) is 0 Å². The molecule has 12 heavy (non-hydrogen) atoms. The predicted molar refractivity (Wildman–Crippen MR) is 57.7 cm³/mol. The Morgan fingerprint density at radius 3 is 2.83 bits per heavy atom. The zero-order chi connectivity index (χ0) is 9.03. The Hall–Kier alpha value is 0.310. The van der Waals surface area contributed by atoms with Gasteiger partial charge in [-0.2, -0.15) is 12.6 Å². The van der Waals surface area contributed by atoms with Gasteiger partial charge in [0, 0.05) is 10.8 Å². The van der Waals surface area contributed by atoms with E-state index in [1.807, 2.05) is 0 Å². The second kappa shape index (κ2) is 4.52. The van der Waals surface area contributed by atoms with Crippen molar-refractivity contribution in [3.63, 3.8) is 0 Å². The zero-order valence-electron chi connectivity index (χ0n) is 8.05. The normalized spacial score (nSPS) is 36.8. The minimum absolute atomic E-state index is 0.0529. The molecule has 0 radical (unpaired) electrons. The van der Waals surface area contributed by atoms with Crippen LogP contribution in [0.5, 0.6) is 0 Å². The van der Waals surface area contributed by atoms with Gasteiger partial charge in [-0.05, 0) is 19.3 Å². The molecule has 0 heterocycles. The van der Waals surface area contributed by atoms with Crippen molar-refractivity contribution in [2.24, 2.45) is 5.73 Å². The maximum absolute atomic E-state index is 6.31. The molecule has 2 N–H and O–H groups in total. The lowest BCUT2D eigenvalue weighted by Gasteiger charge is -2.39. The summed E-state index contributed by atoms with van der Waals surface area (Å²) in [6.07, 6.45) is 8.69. The second-order valence-electron chi connectivity index (χ2n) is 4.10. The third-order valence-electron chi connectivity index (χ3n) is 3.03. The van der Waals surface area contributed by atoms with E-state index in [9.17, 15) is 0 Å². The fourth-order valence-electron chi connectivity index (χ4n) is 2.04. The first kappa shape index (κ1) is 10.4. The summed E-state index contributed by atoms with van der Waals surface area (Å²) in [5.74, 6) is 0. The fourth-order valence-corrected chi connectivity index (χ4v) is 2.48. The van der Waals surface area contributed by atoms with E-state index in [0.29, 0.717) is 5.25 Å². The van der Waals surface area contributed by atoms with E-state index in [-0.39, 0.29) is 5.54 Å².